The molecule has 1 saturated heterocycles. The lowest BCUT2D eigenvalue weighted by atomic mass is 9.78. The zero-order valence-corrected chi connectivity index (χ0v) is 11.6. The molecule has 1 amide bonds. The maximum absolute atomic E-state index is 12.2. The molecule has 4 heteroatoms. The molecule has 18 heavy (non-hydrogen) atoms. The summed E-state index contributed by atoms with van der Waals surface area (Å²) in [6, 6.07) is 0.0786. The summed E-state index contributed by atoms with van der Waals surface area (Å²) in [4.78, 5) is 25.5. The van der Waals surface area contributed by atoms with Crippen molar-refractivity contribution in [2.75, 3.05) is 6.54 Å². The number of piperidine rings is 1. The van der Waals surface area contributed by atoms with Gasteiger partial charge in [0.25, 0.3) is 0 Å². The summed E-state index contributed by atoms with van der Waals surface area (Å²) >= 11 is 0. The summed E-state index contributed by atoms with van der Waals surface area (Å²) < 4.78 is 5.44. The summed E-state index contributed by atoms with van der Waals surface area (Å²) in [5.41, 5.74) is -0.470. The van der Waals surface area contributed by atoms with Crippen LogP contribution in [0.25, 0.3) is 0 Å². The van der Waals surface area contributed by atoms with Gasteiger partial charge in [0, 0.05) is 25.4 Å². The molecule has 4 nitrogen and oxygen atoms in total. The van der Waals surface area contributed by atoms with Crippen LogP contribution in [0.5, 0.6) is 0 Å². The van der Waals surface area contributed by atoms with E-state index in [0.29, 0.717) is 18.8 Å². The van der Waals surface area contributed by atoms with Crippen molar-refractivity contribution in [3.8, 4) is 0 Å². The van der Waals surface area contributed by atoms with E-state index in [0.717, 1.165) is 25.8 Å². The number of ketones is 1. The first-order valence-electron chi connectivity index (χ1n) is 6.88. The Kier molecular flexibility index (Phi) is 3.64. The highest BCUT2D eigenvalue weighted by atomic mass is 16.6. The lowest BCUT2D eigenvalue weighted by molar-refractivity contribution is -0.124. The van der Waals surface area contributed by atoms with Gasteiger partial charge in [-0.2, -0.15) is 0 Å². The predicted octanol–water partition coefficient (Wildman–Crippen LogP) is 2.76. The molecule has 1 heterocycles. The van der Waals surface area contributed by atoms with E-state index in [9.17, 15) is 9.59 Å². The molecule has 1 aliphatic heterocycles. The van der Waals surface area contributed by atoms with Gasteiger partial charge in [-0.05, 0) is 46.0 Å². The van der Waals surface area contributed by atoms with Crippen LogP contribution in [-0.2, 0) is 9.53 Å². The molecule has 2 fully saturated rings. The Labute approximate surface area is 109 Å². The van der Waals surface area contributed by atoms with E-state index in [1.807, 2.05) is 20.8 Å². The van der Waals surface area contributed by atoms with Crippen molar-refractivity contribution in [2.45, 2.75) is 64.5 Å². The van der Waals surface area contributed by atoms with E-state index in [1.165, 1.54) is 0 Å². The van der Waals surface area contributed by atoms with E-state index < -0.39 is 5.60 Å². The maximum Gasteiger partial charge on any atom is 0.410 e. The van der Waals surface area contributed by atoms with Gasteiger partial charge in [0.15, 0.2) is 0 Å². The summed E-state index contributed by atoms with van der Waals surface area (Å²) in [6.45, 7) is 6.35. The SMILES string of the molecule is CC(C)(C)OC(=O)N1CCC[C@@H]2CCC(=O)C[C@H]21. The number of rotatable bonds is 0. The molecule has 0 aromatic heterocycles. The van der Waals surface area contributed by atoms with Crippen molar-refractivity contribution in [2.24, 2.45) is 5.92 Å². The number of ether oxygens (including phenoxy) is 1. The third-order valence-electron chi connectivity index (χ3n) is 3.78. The number of carbonyl (C=O) groups is 2. The van der Waals surface area contributed by atoms with Gasteiger partial charge in [0.2, 0.25) is 0 Å². The Bertz CT molecular complexity index is 345. The Morgan fingerprint density at radius 1 is 1.33 bits per heavy atom. The van der Waals surface area contributed by atoms with Crippen LogP contribution in [0.2, 0.25) is 0 Å². The van der Waals surface area contributed by atoms with Gasteiger partial charge in [0.1, 0.15) is 11.4 Å². The van der Waals surface area contributed by atoms with Crippen molar-refractivity contribution in [3.63, 3.8) is 0 Å². The van der Waals surface area contributed by atoms with Crippen LogP contribution in [0.1, 0.15) is 52.9 Å². The minimum atomic E-state index is -0.470. The first-order chi connectivity index (χ1) is 8.37. The average molecular weight is 253 g/mol. The number of likely N-dealkylation sites (tertiary alicyclic amines) is 1. The zero-order valence-electron chi connectivity index (χ0n) is 11.6. The van der Waals surface area contributed by atoms with Crippen molar-refractivity contribution in [1.29, 1.82) is 0 Å². The lowest BCUT2D eigenvalue weighted by Crippen LogP contribution is -2.52. The van der Waals surface area contributed by atoms with Crippen molar-refractivity contribution < 1.29 is 14.3 Å². The van der Waals surface area contributed by atoms with Gasteiger partial charge in [-0.1, -0.05) is 0 Å². The van der Waals surface area contributed by atoms with Crippen LogP contribution in [0.3, 0.4) is 0 Å². The molecule has 2 rings (SSSR count). The highest BCUT2D eigenvalue weighted by Crippen LogP contribution is 2.34. The van der Waals surface area contributed by atoms with Crippen LogP contribution < -0.4 is 0 Å². The van der Waals surface area contributed by atoms with Crippen LogP contribution in [0.15, 0.2) is 0 Å². The molecule has 1 saturated carbocycles. The monoisotopic (exact) mass is 253 g/mol. The molecule has 0 aromatic carbocycles. The molecule has 102 valence electrons. The van der Waals surface area contributed by atoms with Crippen molar-refractivity contribution >= 4 is 11.9 Å². The largest absolute Gasteiger partial charge is 0.444 e. The standard InChI is InChI=1S/C14H23NO3/c1-14(2,3)18-13(17)15-8-4-5-10-6-7-11(16)9-12(10)15/h10,12H,4-9H2,1-3H3/t10-,12-/m1/s1. The molecule has 2 aliphatic rings. The van der Waals surface area contributed by atoms with Gasteiger partial charge < -0.3 is 9.64 Å². The first kappa shape index (κ1) is 13.4. The molecule has 1 aliphatic carbocycles. The van der Waals surface area contributed by atoms with Gasteiger partial charge in [-0.25, -0.2) is 4.79 Å². The zero-order chi connectivity index (χ0) is 13.3. The molecule has 0 aromatic rings. The van der Waals surface area contributed by atoms with Crippen LogP contribution in [-0.4, -0.2) is 35.0 Å². The van der Waals surface area contributed by atoms with E-state index in [2.05, 4.69) is 0 Å². The fraction of sp³-hybridized carbons (Fsp3) is 0.857. The second-order valence-electron chi connectivity index (χ2n) is 6.42. The van der Waals surface area contributed by atoms with Crippen LogP contribution in [0, 0.1) is 5.92 Å². The highest BCUT2D eigenvalue weighted by Gasteiger charge is 2.39. The number of hydrogen-bond donors (Lipinski definition) is 0. The third kappa shape index (κ3) is 3.03. The molecular weight excluding hydrogens is 230 g/mol. The average Bonchev–Trinajstić information content (AvgIpc) is 2.25. The molecule has 0 radical (unpaired) electrons. The van der Waals surface area contributed by atoms with E-state index in [1.54, 1.807) is 4.90 Å². The number of carbonyl (C=O) groups excluding carboxylic acids is 2. The number of Topliss-reactive ketones (excluding diaryl/α,β-unsaturated/α-hetero) is 1. The van der Waals surface area contributed by atoms with E-state index in [-0.39, 0.29) is 17.9 Å². The van der Waals surface area contributed by atoms with Crippen LogP contribution >= 0.6 is 0 Å². The Balaban J connectivity index is 2.06. The fourth-order valence-corrected chi connectivity index (χ4v) is 2.98. The molecule has 0 N–H and O–H groups in total. The lowest BCUT2D eigenvalue weighted by Gasteiger charge is -2.43. The minimum absolute atomic E-state index is 0.0786. The third-order valence-corrected chi connectivity index (χ3v) is 3.78. The minimum Gasteiger partial charge on any atom is -0.444 e. The molecule has 0 bridgehead atoms. The number of fused-ring (bicyclic) bond motifs is 1. The number of hydrogen-bond acceptors (Lipinski definition) is 3. The van der Waals surface area contributed by atoms with Crippen molar-refractivity contribution in [3.05, 3.63) is 0 Å². The second-order valence-corrected chi connectivity index (χ2v) is 6.42. The normalized spacial score (nSPS) is 28.8. The number of nitrogens with zero attached hydrogens (tertiary/aromatic N) is 1. The van der Waals surface area contributed by atoms with E-state index in [4.69, 9.17) is 4.74 Å². The Hall–Kier alpha value is -1.06. The molecule has 0 unspecified atom stereocenters. The number of amides is 1. The topological polar surface area (TPSA) is 46.6 Å². The predicted molar refractivity (Wildman–Crippen MR) is 68.3 cm³/mol. The smallest absolute Gasteiger partial charge is 0.410 e. The second kappa shape index (κ2) is 4.90. The summed E-state index contributed by atoms with van der Waals surface area (Å²) in [5, 5.41) is 0. The fourth-order valence-electron chi connectivity index (χ4n) is 2.98. The molecule has 2 atom stereocenters. The van der Waals surface area contributed by atoms with Crippen molar-refractivity contribution in [1.82, 2.24) is 4.90 Å². The maximum atomic E-state index is 12.2. The molecular formula is C14H23NO3. The summed E-state index contributed by atoms with van der Waals surface area (Å²) in [5.74, 6) is 0.774. The molecule has 0 spiro atoms. The highest BCUT2D eigenvalue weighted by molar-refractivity contribution is 5.81. The summed E-state index contributed by atoms with van der Waals surface area (Å²) in [6.07, 6.45) is 4.04. The van der Waals surface area contributed by atoms with Gasteiger partial charge in [0.05, 0.1) is 0 Å². The van der Waals surface area contributed by atoms with E-state index >= 15 is 0 Å². The Morgan fingerprint density at radius 2 is 2.06 bits per heavy atom. The summed E-state index contributed by atoms with van der Waals surface area (Å²) in [7, 11) is 0. The quantitative estimate of drug-likeness (QED) is 0.667. The van der Waals surface area contributed by atoms with Gasteiger partial charge >= 0.3 is 6.09 Å². The van der Waals surface area contributed by atoms with Gasteiger partial charge in [-0.3, -0.25) is 4.79 Å². The Morgan fingerprint density at radius 3 is 2.72 bits per heavy atom. The first-order valence-corrected chi connectivity index (χ1v) is 6.88. The van der Waals surface area contributed by atoms with Crippen LogP contribution in [0.4, 0.5) is 4.79 Å². The van der Waals surface area contributed by atoms with Gasteiger partial charge in [-0.15, -0.1) is 0 Å².